The maximum atomic E-state index is 11.2. The Labute approximate surface area is 143 Å². The number of aryl methyl sites for hydroxylation is 1. The fraction of sp³-hybridized carbons (Fsp3) is 0.235. The van der Waals surface area contributed by atoms with Gasteiger partial charge in [0.2, 0.25) is 6.79 Å². The molecule has 0 spiro atoms. The van der Waals surface area contributed by atoms with Crippen molar-refractivity contribution in [2.45, 2.75) is 13.0 Å². The largest absolute Gasteiger partial charge is 0.480 e. The third-order valence-corrected chi connectivity index (χ3v) is 4.12. The monoisotopic (exact) mass is 340 g/mol. The number of nitrogens with zero attached hydrogens (tertiary/aromatic N) is 3. The van der Waals surface area contributed by atoms with Gasteiger partial charge < -0.3 is 19.9 Å². The number of hydrogen-bond donors (Lipinski definition) is 2. The number of nitrogens with one attached hydrogen (secondary N) is 1. The third-order valence-electron chi connectivity index (χ3n) is 4.12. The molecule has 0 bridgehead atoms. The van der Waals surface area contributed by atoms with Gasteiger partial charge >= 0.3 is 5.97 Å². The van der Waals surface area contributed by atoms with Crippen molar-refractivity contribution in [2.75, 3.05) is 12.1 Å². The number of carboxylic acid groups (broad SMARTS) is 1. The molecule has 128 valence electrons. The quantitative estimate of drug-likeness (QED) is 0.751. The van der Waals surface area contributed by atoms with Crippen LogP contribution in [0, 0.1) is 0 Å². The minimum Gasteiger partial charge on any atom is -0.480 e. The van der Waals surface area contributed by atoms with E-state index in [2.05, 4.69) is 15.4 Å². The molecular weight excluding hydrogens is 324 g/mol. The van der Waals surface area contributed by atoms with Crippen LogP contribution >= 0.6 is 0 Å². The second kappa shape index (κ2) is 5.66. The number of fused-ring (bicyclic) bond motifs is 2. The SMILES string of the molecule is CC(Nc1ncc(-c2cnn(C)c2)c2cc3c(cc12)OCO3)C(=O)O. The van der Waals surface area contributed by atoms with Gasteiger partial charge in [-0.05, 0) is 24.4 Å². The Morgan fingerprint density at radius 3 is 2.64 bits per heavy atom. The molecule has 4 rings (SSSR count). The fourth-order valence-electron chi connectivity index (χ4n) is 2.80. The lowest BCUT2D eigenvalue weighted by Gasteiger charge is -2.14. The fourth-order valence-corrected chi connectivity index (χ4v) is 2.80. The number of carboxylic acids is 1. The van der Waals surface area contributed by atoms with E-state index in [0.717, 1.165) is 21.9 Å². The molecule has 1 aromatic carbocycles. The summed E-state index contributed by atoms with van der Waals surface area (Å²) in [7, 11) is 1.85. The van der Waals surface area contributed by atoms with Crippen LogP contribution in [0.15, 0.2) is 30.7 Å². The third kappa shape index (κ3) is 2.61. The van der Waals surface area contributed by atoms with Crippen LogP contribution in [-0.4, -0.2) is 38.7 Å². The first kappa shape index (κ1) is 15.3. The van der Waals surface area contributed by atoms with Crippen molar-refractivity contribution in [2.24, 2.45) is 7.05 Å². The van der Waals surface area contributed by atoms with Crippen molar-refractivity contribution < 1.29 is 19.4 Å². The molecule has 8 heteroatoms. The number of anilines is 1. The van der Waals surface area contributed by atoms with Crippen molar-refractivity contribution >= 4 is 22.6 Å². The summed E-state index contributed by atoms with van der Waals surface area (Å²) in [5.41, 5.74) is 1.80. The number of rotatable bonds is 4. The minimum atomic E-state index is -0.952. The molecule has 8 nitrogen and oxygen atoms in total. The highest BCUT2D eigenvalue weighted by Gasteiger charge is 2.20. The number of aliphatic carboxylic acids is 1. The Balaban J connectivity index is 1.92. The lowest BCUT2D eigenvalue weighted by atomic mass is 10.0. The first-order valence-corrected chi connectivity index (χ1v) is 7.73. The van der Waals surface area contributed by atoms with E-state index in [0.29, 0.717) is 17.3 Å². The summed E-state index contributed by atoms with van der Waals surface area (Å²) in [6.07, 6.45) is 5.36. The smallest absolute Gasteiger partial charge is 0.325 e. The van der Waals surface area contributed by atoms with E-state index in [9.17, 15) is 4.79 Å². The molecule has 1 aliphatic heterocycles. The van der Waals surface area contributed by atoms with Crippen LogP contribution in [0.3, 0.4) is 0 Å². The zero-order chi connectivity index (χ0) is 17.6. The zero-order valence-electron chi connectivity index (χ0n) is 13.7. The molecule has 2 N–H and O–H groups in total. The highest BCUT2D eigenvalue weighted by molar-refractivity contribution is 6.03. The molecule has 2 aromatic heterocycles. The van der Waals surface area contributed by atoms with Crippen LogP contribution in [0.2, 0.25) is 0 Å². The Kier molecular flexibility index (Phi) is 3.45. The molecule has 0 amide bonds. The van der Waals surface area contributed by atoms with Crippen molar-refractivity contribution in [3.63, 3.8) is 0 Å². The number of aromatic nitrogens is 3. The van der Waals surface area contributed by atoms with Gasteiger partial charge in [-0.15, -0.1) is 0 Å². The minimum absolute atomic E-state index is 0.162. The molecule has 0 saturated heterocycles. The molecular formula is C17H16N4O4. The number of benzene rings is 1. The highest BCUT2D eigenvalue weighted by atomic mass is 16.7. The van der Waals surface area contributed by atoms with Crippen LogP contribution in [0.25, 0.3) is 21.9 Å². The molecule has 3 aromatic rings. The van der Waals surface area contributed by atoms with E-state index in [4.69, 9.17) is 14.6 Å². The summed E-state index contributed by atoms with van der Waals surface area (Å²) in [5, 5.41) is 17.9. The zero-order valence-corrected chi connectivity index (χ0v) is 13.7. The summed E-state index contributed by atoms with van der Waals surface area (Å²) in [4.78, 5) is 15.6. The van der Waals surface area contributed by atoms with E-state index in [-0.39, 0.29) is 6.79 Å². The van der Waals surface area contributed by atoms with Gasteiger partial charge in [0, 0.05) is 36.0 Å². The van der Waals surface area contributed by atoms with E-state index in [1.165, 1.54) is 0 Å². The standard InChI is InChI=1S/C17H16N4O4/c1-9(17(22)23)20-16-12-4-15-14(24-8-25-15)3-11(12)13(6-18-16)10-5-19-21(2)7-10/h3-7,9H,8H2,1-2H3,(H,18,20)(H,22,23). The Morgan fingerprint density at radius 1 is 1.28 bits per heavy atom. The van der Waals surface area contributed by atoms with Crippen LogP contribution < -0.4 is 14.8 Å². The number of carbonyl (C=O) groups is 1. The Hall–Kier alpha value is -3.29. The topological polar surface area (TPSA) is 98.5 Å². The predicted molar refractivity (Wildman–Crippen MR) is 90.8 cm³/mol. The van der Waals surface area contributed by atoms with E-state index >= 15 is 0 Å². The van der Waals surface area contributed by atoms with Crippen LogP contribution in [0.1, 0.15) is 6.92 Å². The Bertz CT molecular complexity index is 982. The van der Waals surface area contributed by atoms with Gasteiger partial charge in [0.15, 0.2) is 11.5 Å². The molecule has 0 fully saturated rings. The van der Waals surface area contributed by atoms with Crippen molar-refractivity contribution in [1.82, 2.24) is 14.8 Å². The van der Waals surface area contributed by atoms with Gasteiger partial charge in [-0.3, -0.25) is 9.48 Å². The summed E-state index contributed by atoms with van der Waals surface area (Å²) < 4.78 is 12.7. The van der Waals surface area contributed by atoms with Gasteiger partial charge in [-0.1, -0.05) is 0 Å². The Morgan fingerprint density at radius 2 is 2.00 bits per heavy atom. The molecule has 1 aliphatic rings. The summed E-state index contributed by atoms with van der Waals surface area (Å²) in [6.45, 7) is 1.73. The normalized spacial score (nSPS) is 13.8. The molecule has 1 unspecified atom stereocenters. The summed E-state index contributed by atoms with van der Waals surface area (Å²) >= 11 is 0. The van der Waals surface area contributed by atoms with Gasteiger partial charge in [0.1, 0.15) is 11.9 Å². The van der Waals surface area contributed by atoms with Gasteiger partial charge in [-0.25, -0.2) is 4.98 Å². The summed E-state index contributed by atoms with van der Waals surface area (Å²) in [5.74, 6) is 0.799. The summed E-state index contributed by atoms with van der Waals surface area (Å²) in [6, 6.07) is 2.94. The number of pyridine rings is 1. The second-order valence-corrected chi connectivity index (χ2v) is 5.88. The first-order valence-electron chi connectivity index (χ1n) is 7.73. The van der Waals surface area contributed by atoms with Crippen molar-refractivity contribution in [3.05, 3.63) is 30.7 Å². The number of hydrogen-bond acceptors (Lipinski definition) is 6. The molecule has 0 aliphatic carbocycles. The molecule has 0 saturated carbocycles. The lowest BCUT2D eigenvalue weighted by Crippen LogP contribution is -2.26. The highest BCUT2D eigenvalue weighted by Crippen LogP contribution is 2.41. The van der Waals surface area contributed by atoms with Crippen LogP contribution in [0.4, 0.5) is 5.82 Å². The predicted octanol–water partition coefficient (Wildman–Crippen LogP) is 2.25. The van der Waals surface area contributed by atoms with Crippen LogP contribution in [-0.2, 0) is 11.8 Å². The molecule has 25 heavy (non-hydrogen) atoms. The molecule has 0 radical (unpaired) electrons. The number of ether oxygens (including phenoxy) is 2. The maximum absolute atomic E-state index is 11.2. The van der Waals surface area contributed by atoms with E-state index < -0.39 is 12.0 Å². The van der Waals surface area contributed by atoms with E-state index in [1.54, 1.807) is 24.0 Å². The van der Waals surface area contributed by atoms with Gasteiger partial charge in [0.25, 0.3) is 0 Å². The van der Waals surface area contributed by atoms with E-state index in [1.807, 2.05) is 25.4 Å². The van der Waals surface area contributed by atoms with Gasteiger partial charge in [0.05, 0.1) is 6.20 Å². The van der Waals surface area contributed by atoms with Crippen molar-refractivity contribution in [3.8, 4) is 22.6 Å². The van der Waals surface area contributed by atoms with Gasteiger partial charge in [-0.2, -0.15) is 5.10 Å². The maximum Gasteiger partial charge on any atom is 0.325 e. The average molecular weight is 340 g/mol. The lowest BCUT2D eigenvalue weighted by molar-refractivity contribution is -0.137. The first-order chi connectivity index (χ1) is 12.0. The molecule has 1 atom stereocenters. The second-order valence-electron chi connectivity index (χ2n) is 5.88. The average Bonchev–Trinajstić information content (AvgIpc) is 3.21. The van der Waals surface area contributed by atoms with Crippen LogP contribution in [0.5, 0.6) is 11.5 Å². The van der Waals surface area contributed by atoms with Crippen molar-refractivity contribution in [1.29, 1.82) is 0 Å². The molecule has 3 heterocycles.